The second-order valence-electron chi connectivity index (χ2n) is 4.74. The zero-order chi connectivity index (χ0) is 9.76. The van der Waals surface area contributed by atoms with Crippen LogP contribution in [0.4, 0.5) is 0 Å². The molecular weight excluding hydrogens is 198 g/mol. The van der Waals surface area contributed by atoms with Gasteiger partial charge in [0.1, 0.15) is 6.33 Å². The molecule has 0 unspecified atom stereocenters. The van der Waals surface area contributed by atoms with Gasteiger partial charge in [0.05, 0.1) is 5.54 Å². The summed E-state index contributed by atoms with van der Waals surface area (Å²) in [5.74, 6) is 1.59. The lowest BCUT2D eigenvalue weighted by Gasteiger charge is -2.31. The van der Waals surface area contributed by atoms with Crippen LogP contribution in [0.1, 0.15) is 32.6 Å². The highest BCUT2D eigenvalue weighted by molar-refractivity contribution is 6.28. The first-order chi connectivity index (χ1) is 6.73. The van der Waals surface area contributed by atoms with Gasteiger partial charge in [-0.2, -0.15) is 0 Å². The van der Waals surface area contributed by atoms with E-state index in [2.05, 4.69) is 21.7 Å². The first-order valence-corrected chi connectivity index (χ1v) is 5.66. The SMILES string of the molecule is CC(C1CC1)(C1CC1)n1cnnc1Cl. The number of hydrogen-bond donors (Lipinski definition) is 0. The van der Waals surface area contributed by atoms with Crippen molar-refractivity contribution in [1.29, 1.82) is 0 Å². The lowest BCUT2D eigenvalue weighted by atomic mass is 9.89. The van der Waals surface area contributed by atoms with E-state index in [1.165, 1.54) is 25.7 Å². The van der Waals surface area contributed by atoms with Crippen molar-refractivity contribution in [3.05, 3.63) is 11.6 Å². The monoisotopic (exact) mass is 211 g/mol. The Morgan fingerprint density at radius 1 is 1.36 bits per heavy atom. The molecule has 3 nitrogen and oxygen atoms in total. The standard InChI is InChI=1S/C10H14ClN3/c1-10(7-2-3-7,8-4-5-8)14-6-12-13-9(14)11/h6-8H,2-5H2,1H3. The Bertz CT molecular complexity index is 340. The Hall–Kier alpha value is -0.570. The molecule has 2 fully saturated rings. The van der Waals surface area contributed by atoms with Crippen LogP contribution in [-0.4, -0.2) is 14.8 Å². The number of aromatic nitrogens is 3. The van der Waals surface area contributed by atoms with Gasteiger partial charge in [-0.3, -0.25) is 4.57 Å². The summed E-state index contributed by atoms with van der Waals surface area (Å²) in [6.07, 6.45) is 7.13. The number of hydrogen-bond acceptors (Lipinski definition) is 2. The van der Waals surface area contributed by atoms with Crippen molar-refractivity contribution in [1.82, 2.24) is 14.8 Å². The zero-order valence-corrected chi connectivity index (χ0v) is 9.04. The third kappa shape index (κ3) is 1.11. The Balaban J connectivity index is 2.02. The Morgan fingerprint density at radius 2 is 1.93 bits per heavy atom. The van der Waals surface area contributed by atoms with Gasteiger partial charge in [0.15, 0.2) is 0 Å². The number of nitrogens with zero attached hydrogens (tertiary/aromatic N) is 3. The van der Waals surface area contributed by atoms with Crippen LogP contribution >= 0.6 is 11.6 Å². The maximum atomic E-state index is 6.06. The average Bonchev–Trinajstić information content (AvgIpc) is 3.00. The third-order valence-corrected chi connectivity index (χ3v) is 4.09. The van der Waals surface area contributed by atoms with Gasteiger partial charge in [0.25, 0.3) is 0 Å². The molecule has 0 amide bonds. The molecule has 0 atom stereocenters. The van der Waals surface area contributed by atoms with Gasteiger partial charge in [0.2, 0.25) is 5.28 Å². The van der Waals surface area contributed by atoms with Crippen molar-refractivity contribution < 1.29 is 0 Å². The smallest absolute Gasteiger partial charge is 0.225 e. The molecule has 0 saturated heterocycles. The molecule has 4 heteroatoms. The van der Waals surface area contributed by atoms with Crippen LogP contribution in [0.25, 0.3) is 0 Å². The highest BCUT2D eigenvalue weighted by Gasteiger charge is 2.52. The van der Waals surface area contributed by atoms with E-state index in [1.54, 1.807) is 6.33 Å². The molecule has 2 aliphatic rings. The summed E-state index contributed by atoms with van der Waals surface area (Å²) in [5, 5.41) is 8.32. The van der Waals surface area contributed by atoms with Crippen LogP contribution in [0.2, 0.25) is 5.28 Å². The topological polar surface area (TPSA) is 30.7 Å². The second kappa shape index (κ2) is 2.72. The molecule has 0 bridgehead atoms. The maximum absolute atomic E-state index is 6.06. The van der Waals surface area contributed by atoms with Crippen LogP contribution < -0.4 is 0 Å². The van der Waals surface area contributed by atoms with Crippen LogP contribution in [0, 0.1) is 11.8 Å². The quantitative estimate of drug-likeness (QED) is 0.769. The highest BCUT2D eigenvalue weighted by Crippen LogP contribution is 2.56. The van der Waals surface area contributed by atoms with E-state index in [0.29, 0.717) is 5.28 Å². The molecule has 0 spiro atoms. The summed E-state index contributed by atoms with van der Waals surface area (Å²) in [5.41, 5.74) is 0.195. The minimum Gasteiger partial charge on any atom is -0.298 e. The Morgan fingerprint density at radius 3 is 2.29 bits per heavy atom. The molecule has 3 rings (SSSR count). The molecule has 0 N–H and O–H groups in total. The Labute approximate surface area is 88.5 Å². The molecule has 2 saturated carbocycles. The van der Waals surface area contributed by atoms with Gasteiger partial charge >= 0.3 is 0 Å². The van der Waals surface area contributed by atoms with Crippen molar-refractivity contribution in [2.75, 3.05) is 0 Å². The zero-order valence-electron chi connectivity index (χ0n) is 8.28. The average molecular weight is 212 g/mol. The normalized spacial score (nSPS) is 22.7. The molecule has 1 heterocycles. The van der Waals surface area contributed by atoms with E-state index in [1.807, 2.05) is 0 Å². The third-order valence-electron chi connectivity index (χ3n) is 3.83. The predicted octanol–water partition coefficient (Wildman–Crippen LogP) is 2.47. The summed E-state index contributed by atoms with van der Waals surface area (Å²) in [6, 6.07) is 0. The minimum atomic E-state index is 0.195. The first-order valence-electron chi connectivity index (χ1n) is 5.29. The molecule has 0 aliphatic heterocycles. The van der Waals surface area contributed by atoms with E-state index in [9.17, 15) is 0 Å². The lowest BCUT2D eigenvalue weighted by molar-refractivity contribution is 0.227. The number of rotatable bonds is 3. The van der Waals surface area contributed by atoms with Crippen LogP contribution in [-0.2, 0) is 5.54 Å². The van der Waals surface area contributed by atoms with E-state index >= 15 is 0 Å². The molecule has 0 radical (unpaired) electrons. The highest BCUT2D eigenvalue weighted by atomic mass is 35.5. The molecule has 1 aromatic heterocycles. The molecule has 1 aromatic rings. The van der Waals surface area contributed by atoms with Crippen molar-refractivity contribution in [2.45, 2.75) is 38.1 Å². The van der Waals surface area contributed by atoms with Gasteiger partial charge in [0, 0.05) is 0 Å². The van der Waals surface area contributed by atoms with Crippen molar-refractivity contribution in [3.63, 3.8) is 0 Å². The van der Waals surface area contributed by atoms with Gasteiger partial charge in [-0.25, -0.2) is 0 Å². The fourth-order valence-electron chi connectivity index (χ4n) is 2.61. The van der Waals surface area contributed by atoms with E-state index < -0.39 is 0 Å². The maximum Gasteiger partial charge on any atom is 0.225 e. The fraction of sp³-hybridized carbons (Fsp3) is 0.800. The van der Waals surface area contributed by atoms with Crippen LogP contribution in [0.5, 0.6) is 0 Å². The van der Waals surface area contributed by atoms with Gasteiger partial charge < -0.3 is 0 Å². The molecule has 2 aliphatic carbocycles. The van der Waals surface area contributed by atoms with E-state index in [-0.39, 0.29) is 5.54 Å². The summed E-state index contributed by atoms with van der Waals surface area (Å²) in [6.45, 7) is 2.32. The molecule has 76 valence electrons. The first kappa shape index (κ1) is 8.72. The summed E-state index contributed by atoms with van der Waals surface area (Å²) in [4.78, 5) is 0. The predicted molar refractivity (Wildman–Crippen MR) is 54.1 cm³/mol. The molecule has 14 heavy (non-hydrogen) atoms. The summed E-state index contributed by atoms with van der Waals surface area (Å²) in [7, 11) is 0. The lowest BCUT2D eigenvalue weighted by Crippen LogP contribution is -2.34. The second-order valence-corrected chi connectivity index (χ2v) is 5.08. The number of halogens is 1. The molecular formula is C10H14ClN3. The van der Waals surface area contributed by atoms with Gasteiger partial charge in [-0.15, -0.1) is 10.2 Å². The van der Waals surface area contributed by atoms with Crippen LogP contribution in [0.3, 0.4) is 0 Å². The minimum absolute atomic E-state index is 0.195. The fourth-order valence-corrected chi connectivity index (χ4v) is 2.88. The summed E-state index contributed by atoms with van der Waals surface area (Å²) < 4.78 is 2.09. The van der Waals surface area contributed by atoms with E-state index in [4.69, 9.17) is 11.6 Å². The van der Waals surface area contributed by atoms with Crippen LogP contribution in [0.15, 0.2) is 6.33 Å². The molecule has 0 aromatic carbocycles. The van der Waals surface area contributed by atoms with Gasteiger partial charge in [-0.1, -0.05) is 0 Å². The largest absolute Gasteiger partial charge is 0.298 e. The van der Waals surface area contributed by atoms with Crippen molar-refractivity contribution in [2.24, 2.45) is 11.8 Å². The van der Waals surface area contributed by atoms with Crippen molar-refractivity contribution in [3.8, 4) is 0 Å². The van der Waals surface area contributed by atoms with Gasteiger partial charge in [-0.05, 0) is 56.0 Å². The van der Waals surface area contributed by atoms with Crippen molar-refractivity contribution >= 4 is 11.6 Å². The summed E-state index contributed by atoms with van der Waals surface area (Å²) >= 11 is 6.06. The van der Waals surface area contributed by atoms with E-state index in [0.717, 1.165) is 11.8 Å². The Kier molecular flexibility index (Phi) is 1.69.